The lowest BCUT2D eigenvalue weighted by molar-refractivity contribution is 0.0524. The fourth-order valence-corrected chi connectivity index (χ4v) is 2.02. The summed E-state index contributed by atoms with van der Waals surface area (Å²) in [7, 11) is 0. The number of benzene rings is 1. The van der Waals surface area contributed by atoms with E-state index in [2.05, 4.69) is 9.97 Å². The van der Waals surface area contributed by atoms with E-state index in [1.54, 1.807) is 13.1 Å². The second-order valence-corrected chi connectivity index (χ2v) is 4.44. The average molecular weight is 270 g/mol. The van der Waals surface area contributed by atoms with Gasteiger partial charge in [0.15, 0.2) is 5.82 Å². The van der Waals surface area contributed by atoms with Gasteiger partial charge in [0, 0.05) is 11.8 Å². The molecule has 0 spiro atoms. The molecule has 1 aromatic heterocycles. The van der Waals surface area contributed by atoms with Gasteiger partial charge in [0.1, 0.15) is 0 Å². The molecule has 0 radical (unpaired) electrons. The standard InChI is InChI=1S/C16H18N2O2/c1-4-14-13(16(19)20-5-2)10-17-15(18-14)12-9-7-6-8-11(12)3/h6-10H,4-5H2,1-3H3. The number of esters is 1. The smallest absolute Gasteiger partial charge is 0.341 e. The van der Waals surface area contributed by atoms with Crippen LogP contribution in [-0.4, -0.2) is 22.5 Å². The number of aromatic nitrogens is 2. The van der Waals surface area contributed by atoms with Crippen molar-refractivity contribution in [3.63, 3.8) is 0 Å². The zero-order valence-electron chi connectivity index (χ0n) is 12.0. The van der Waals surface area contributed by atoms with Gasteiger partial charge in [-0.15, -0.1) is 0 Å². The Hall–Kier alpha value is -2.23. The molecule has 4 nitrogen and oxygen atoms in total. The van der Waals surface area contributed by atoms with E-state index in [1.807, 2.05) is 38.1 Å². The molecule has 0 saturated heterocycles. The van der Waals surface area contributed by atoms with Crippen LogP contribution < -0.4 is 0 Å². The number of rotatable bonds is 4. The molecule has 0 aliphatic carbocycles. The number of hydrogen-bond acceptors (Lipinski definition) is 4. The van der Waals surface area contributed by atoms with E-state index in [1.165, 1.54) is 0 Å². The third-order valence-electron chi connectivity index (χ3n) is 3.08. The van der Waals surface area contributed by atoms with Crippen LogP contribution in [0.5, 0.6) is 0 Å². The molecule has 2 aromatic rings. The van der Waals surface area contributed by atoms with E-state index in [4.69, 9.17) is 4.74 Å². The first-order chi connectivity index (χ1) is 9.67. The molecule has 2 rings (SSSR count). The summed E-state index contributed by atoms with van der Waals surface area (Å²) in [6.07, 6.45) is 2.22. The molecule has 4 heteroatoms. The normalized spacial score (nSPS) is 10.3. The Balaban J connectivity index is 2.45. The summed E-state index contributed by atoms with van der Waals surface area (Å²) in [6, 6.07) is 7.93. The molecule has 0 N–H and O–H groups in total. The van der Waals surface area contributed by atoms with Crippen molar-refractivity contribution in [3.8, 4) is 11.4 Å². The maximum Gasteiger partial charge on any atom is 0.341 e. The Morgan fingerprint density at radius 1 is 1.25 bits per heavy atom. The maximum atomic E-state index is 11.8. The highest BCUT2D eigenvalue weighted by Crippen LogP contribution is 2.20. The van der Waals surface area contributed by atoms with E-state index in [-0.39, 0.29) is 5.97 Å². The first-order valence-corrected chi connectivity index (χ1v) is 6.76. The number of carbonyl (C=O) groups excluding carboxylic acids is 1. The van der Waals surface area contributed by atoms with Crippen molar-refractivity contribution in [1.82, 2.24) is 9.97 Å². The maximum absolute atomic E-state index is 11.8. The van der Waals surface area contributed by atoms with Gasteiger partial charge < -0.3 is 4.74 Å². The van der Waals surface area contributed by atoms with Crippen molar-refractivity contribution in [3.05, 3.63) is 47.3 Å². The second kappa shape index (κ2) is 6.28. The van der Waals surface area contributed by atoms with Crippen LogP contribution >= 0.6 is 0 Å². The molecule has 0 bridgehead atoms. The van der Waals surface area contributed by atoms with E-state index in [0.717, 1.165) is 16.8 Å². The van der Waals surface area contributed by atoms with Crippen LogP contribution in [0, 0.1) is 6.92 Å². The zero-order chi connectivity index (χ0) is 14.5. The third-order valence-corrected chi connectivity index (χ3v) is 3.08. The second-order valence-electron chi connectivity index (χ2n) is 4.44. The van der Waals surface area contributed by atoms with E-state index in [9.17, 15) is 4.79 Å². The summed E-state index contributed by atoms with van der Waals surface area (Å²) in [5, 5.41) is 0. The topological polar surface area (TPSA) is 52.1 Å². The van der Waals surface area contributed by atoms with Crippen molar-refractivity contribution in [1.29, 1.82) is 0 Å². The predicted molar refractivity (Wildman–Crippen MR) is 77.5 cm³/mol. The van der Waals surface area contributed by atoms with Crippen molar-refractivity contribution in [2.75, 3.05) is 6.61 Å². The minimum Gasteiger partial charge on any atom is -0.462 e. The zero-order valence-corrected chi connectivity index (χ0v) is 12.0. The predicted octanol–water partition coefficient (Wildman–Crippen LogP) is 3.19. The molecule has 0 aliphatic heterocycles. The summed E-state index contributed by atoms with van der Waals surface area (Å²) in [4.78, 5) is 20.7. The Kier molecular flexibility index (Phi) is 4.45. The molecule has 104 valence electrons. The average Bonchev–Trinajstić information content (AvgIpc) is 2.47. The molecule has 0 amide bonds. The van der Waals surface area contributed by atoms with Crippen molar-refractivity contribution >= 4 is 5.97 Å². The summed E-state index contributed by atoms with van der Waals surface area (Å²) in [6.45, 7) is 6.11. The lowest BCUT2D eigenvalue weighted by atomic mass is 10.1. The number of carbonyl (C=O) groups is 1. The molecule has 0 aliphatic rings. The lowest BCUT2D eigenvalue weighted by Gasteiger charge is -2.09. The van der Waals surface area contributed by atoms with Gasteiger partial charge in [0.05, 0.1) is 17.9 Å². The van der Waals surface area contributed by atoms with Crippen LogP contribution in [0.1, 0.15) is 35.5 Å². The number of aryl methyl sites for hydroxylation is 2. The van der Waals surface area contributed by atoms with E-state index >= 15 is 0 Å². The van der Waals surface area contributed by atoms with Gasteiger partial charge in [-0.3, -0.25) is 0 Å². The van der Waals surface area contributed by atoms with Gasteiger partial charge in [-0.2, -0.15) is 0 Å². The van der Waals surface area contributed by atoms with Crippen LogP contribution in [0.4, 0.5) is 0 Å². The van der Waals surface area contributed by atoms with Crippen LogP contribution in [0.25, 0.3) is 11.4 Å². The van der Waals surface area contributed by atoms with Gasteiger partial charge in [-0.25, -0.2) is 14.8 Å². The molecule has 0 saturated carbocycles. The summed E-state index contributed by atoms with van der Waals surface area (Å²) >= 11 is 0. The third kappa shape index (κ3) is 2.85. The minimum absolute atomic E-state index is 0.349. The lowest BCUT2D eigenvalue weighted by Crippen LogP contribution is -2.11. The van der Waals surface area contributed by atoms with Crippen LogP contribution in [-0.2, 0) is 11.2 Å². The monoisotopic (exact) mass is 270 g/mol. The number of ether oxygens (including phenoxy) is 1. The van der Waals surface area contributed by atoms with Gasteiger partial charge >= 0.3 is 5.97 Å². The Morgan fingerprint density at radius 2 is 2.00 bits per heavy atom. The van der Waals surface area contributed by atoms with Crippen LogP contribution in [0.2, 0.25) is 0 Å². The molecule has 1 aromatic carbocycles. The number of hydrogen-bond donors (Lipinski definition) is 0. The van der Waals surface area contributed by atoms with Crippen molar-refractivity contribution in [2.45, 2.75) is 27.2 Å². The first kappa shape index (κ1) is 14.2. The number of nitrogens with zero attached hydrogens (tertiary/aromatic N) is 2. The van der Waals surface area contributed by atoms with Crippen molar-refractivity contribution < 1.29 is 9.53 Å². The Labute approximate surface area is 118 Å². The summed E-state index contributed by atoms with van der Waals surface area (Å²) < 4.78 is 5.02. The fourth-order valence-electron chi connectivity index (χ4n) is 2.02. The molecule has 1 heterocycles. The molecule has 20 heavy (non-hydrogen) atoms. The van der Waals surface area contributed by atoms with Crippen LogP contribution in [0.3, 0.4) is 0 Å². The molecule has 0 atom stereocenters. The van der Waals surface area contributed by atoms with E-state index < -0.39 is 0 Å². The molecule has 0 fully saturated rings. The van der Waals surface area contributed by atoms with Gasteiger partial charge in [-0.1, -0.05) is 31.2 Å². The van der Waals surface area contributed by atoms with Gasteiger partial charge in [-0.05, 0) is 25.8 Å². The molecule has 0 unspecified atom stereocenters. The largest absolute Gasteiger partial charge is 0.462 e. The highest BCUT2D eigenvalue weighted by molar-refractivity contribution is 5.90. The highest BCUT2D eigenvalue weighted by Gasteiger charge is 2.15. The minimum atomic E-state index is -0.360. The Morgan fingerprint density at radius 3 is 2.65 bits per heavy atom. The Bertz CT molecular complexity index is 624. The van der Waals surface area contributed by atoms with Gasteiger partial charge in [0.25, 0.3) is 0 Å². The SMILES string of the molecule is CCOC(=O)c1cnc(-c2ccccc2C)nc1CC. The highest BCUT2D eigenvalue weighted by atomic mass is 16.5. The quantitative estimate of drug-likeness (QED) is 0.801. The van der Waals surface area contributed by atoms with Crippen LogP contribution in [0.15, 0.2) is 30.5 Å². The molecular weight excluding hydrogens is 252 g/mol. The van der Waals surface area contributed by atoms with Gasteiger partial charge in [0.2, 0.25) is 0 Å². The fraction of sp³-hybridized carbons (Fsp3) is 0.312. The van der Waals surface area contributed by atoms with Crippen molar-refractivity contribution in [2.24, 2.45) is 0 Å². The summed E-state index contributed by atoms with van der Waals surface area (Å²) in [5.41, 5.74) is 3.26. The van der Waals surface area contributed by atoms with E-state index in [0.29, 0.717) is 24.4 Å². The molecular formula is C16H18N2O2. The first-order valence-electron chi connectivity index (χ1n) is 6.76. The summed E-state index contributed by atoms with van der Waals surface area (Å²) in [5.74, 6) is 0.286.